The molecule has 10 heteroatoms. The molecule has 0 fully saturated rings. The van der Waals surface area contributed by atoms with Gasteiger partial charge >= 0.3 is 5.82 Å². The van der Waals surface area contributed by atoms with E-state index in [9.17, 15) is 10.1 Å². The Morgan fingerprint density at radius 1 is 1.04 bits per heavy atom. The van der Waals surface area contributed by atoms with Gasteiger partial charge in [-0.05, 0) is 40.2 Å². The van der Waals surface area contributed by atoms with Gasteiger partial charge in [-0.3, -0.25) is 0 Å². The van der Waals surface area contributed by atoms with Gasteiger partial charge in [-0.1, -0.05) is 29.3 Å². The third kappa shape index (κ3) is 4.81. The Morgan fingerprint density at radius 2 is 1.81 bits per heavy atom. The zero-order chi connectivity index (χ0) is 19.2. The molecule has 0 radical (unpaired) electrons. The summed E-state index contributed by atoms with van der Waals surface area (Å²) >= 11 is 12.1. The second kappa shape index (κ2) is 8.61. The molecule has 0 amide bonds. The first kappa shape index (κ1) is 18.8. The van der Waals surface area contributed by atoms with E-state index in [1.807, 2.05) is 18.2 Å². The summed E-state index contributed by atoms with van der Waals surface area (Å²) in [4.78, 5) is 23.1. The van der Waals surface area contributed by atoms with Crippen LogP contribution in [0, 0.1) is 10.1 Å². The van der Waals surface area contributed by atoms with Crippen LogP contribution in [0.5, 0.6) is 0 Å². The molecule has 0 aliphatic rings. The largest absolute Gasteiger partial charge is 0.390 e. The van der Waals surface area contributed by atoms with Crippen LogP contribution in [-0.2, 0) is 0 Å². The number of nitrogens with zero attached hydrogens (tertiary/aromatic N) is 4. The van der Waals surface area contributed by atoms with Crippen LogP contribution in [0.1, 0.15) is 0 Å². The van der Waals surface area contributed by atoms with Crippen molar-refractivity contribution in [2.24, 2.45) is 0 Å². The van der Waals surface area contributed by atoms with Crippen molar-refractivity contribution >= 4 is 40.7 Å². The summed E-state index contributed by atoms with van der Waals surface area (Å²) < 4.78 is 0. The van der Waals surface area contributed by atoms with E-state index < -0.39 is 4.92 Å². The second-order valence-electron chi connectivity index (χ2n) is 5.38. The Bertz CT molecular complexity index is 955. The molecule has 0 bridgehead atoms. The molecule has 2 aromatic heterocycles. The summed E-state index contributed by atoms with van der Waals surface area (Å²) in [6.45, 7) is 1.09. The van der Waals surface area contributed by atoms with Gasteiger partial charge in [-0.15, -0.1) is 0 Å². The van der Waals surface area contributed by atoms with E-state index in [1.165, 1.54) is 12.3 Å². The Labute approximate surface area is 164 Å². The number of aromatic nitrogens is 3. The minimum atomic E-state index is -0.598. The zero-order valence-electron chi connectivity index (χ0n) is 13.9. The fourth-order valence-corrected chi connectivity index (χ4v) is 2.81. The summed E-state index contributed by atoms with van der Waals surface area (Å²) in [5.41, 5.74) is 0.458. The van der Waals surface area contributed by atoms with Gasteiger partial charge in [0.1, 0.15) is 5.82 Å². The quantitative estimate of drug-likeness (QED) is 0.343. The van der Waals surface area contributed by atoms with Crippen molar-refractivity contribution < 1.29 is 4.92 Å². The average Bonchev–Trinajstić information content (AvgIpc) is 2.66. The maximum Gasteiger partial charge on any atom is 0.390 e. The van der Waals surface area contributed by atoms with Crippen LogP contribution in [0.25, 0.3) is 11.3 Å². The first-order valence-corrected chi connectivity index (χ1v) is 8.66. The maximum absolute atomic E-state index is 11.3. The number of halogens is 2. The normalized spacial score (nSPS) is 10.4. The smallest absolute Gasteiger partial charge is 0.368 e. The fraction of sp³-hybridized carbons (Fsp3) is 0.118. The Morgan fingerprint density at radius 3 is 2.48 bits per heavy atom. The molecule has 0 saturated heterocycles. The highest BCUT2D eigenvalue weighted by molar-refractivity contribution is 6.36. The predicted octanol–water partition coefficient (Wildman–Crippen LogP) is 4.28. The highest BCUT2D eigenvalue weighted by Gasteiger charge is 2.22. The van der Waals surface area contributed by atoms with Crippen molar-refractivity contribution in [1.29, 1.82) is 0 Å². The van der Waals surface area contributed by atoms with Gasteiger partial charge in [0.05, 0.1) is 5.02 Å². The number of anilines is 2. The zero-order valence-corrected chi connectivity index (χ0v) is 15.4. The summed E-state index contributed by atoms with van der Waals surface area (Å²) in [5.74, 6) is 0.767. The molecule has 0 aliphatic carbocycles. The third-order valence-corrected chi connectivity index (χ3v) is 4.06. The molecule has 3 rings (SSSR count). The predicted molar refractivity (Wildman–Crippen MR) is 105 cm³/mol. The molecule has 2 N–H and O–H groups in total. The van der Waals surface area contributed by atoms with Gasteiger partial charge < -0.3 is 20.7 Å². The van der Waals surface area contributed by atoms with Gasteiger partial charge in [0.25, 0.3) is 0 Å². The number of hydrogen-bond acceptors (Lipinski definition) is 7. The second-order valence-corrected chi connectivity index (χ2v) is 6.22. The van der Waals surface area contributed by atoms with Crippen LogP contribution >= 0.6 is 23.2 Å². The maximum atomic E-state index is 11.3. The van der Waals surface area contributed by atoms with E-state index in [-0.39, 0.29) is 16.5 Å². The molecule has 0 unspecified atom stereocenters. The van der Waals surface area contributed by atoms with E-state index in [2.05, 4.69) is 25.6 Å². The van der Waals surface area contributed by atoms with E-state index in [0.29, 0.717) is 29.5 Å². The minimum absolute atomic E-state index is 0.0735. The highest BCUT2D eigenvalue weighted by atomic mass is 35.5. The SMILES string of the molecule is O=[N+]([O-])c1ncc(NCCNc2ccccn2)nc1-c1ccc(Cl)cc1Cl. The van der Waals surface area contributed by atoms with Gasteiger partial charge in [-0.25, -0.2) is 9.97 Å². The number of rotatable bonds is 7. The van der Waals surface area contributed by atoms with Crippen molar-refractivity contribution in [2.75, 3.05) is 23.7 Å². The Hall–Kier alpha value is -2.97. The molecule has 8 nitrogen and oxygen atoms in total. The third-order valence-electron chi connectivity index (χ3n) is 3.51. The van der Waals surface area contributed by atoms with E-state index in [1.54, 1.807) is 18.3 Å². The monoisotopic (exact) mass is 404 g/mol. The number of hydrogen-bond donors (Lipinski definition) is 2. The van der Waals surface area contributed by atoms with Crippen LogP contribution < -0.4 is 10.6 Å². The van der Waals surface area contributed by atoms with Gasteiger partial charge in [0, 0.05) is 29.9 Å². The molecule has 0 saturated carbocycles. The highest BCUT2D eigenvalue weighted by Crippen LogP contribution is 2.34. The molecule has 138 valence electrons. The van der Waals surface area contributed by atoms with Crippen molar-refractivity contribution in [2.45, 2.75) is 0 Å². The number of nitro groups is 1. The van der Waals surface area contributed by atoms with Gasteiger partial charge in [0.15, 0.2) is 17.7 Å². The first-order chi connectivity index (χ1) is 13.0. The van der Waals surface area contributed by atoms with Crippen molar-refractivity contribution in [1.82, 2.24) is 15.0 Å². The molecular weight excluding hydrogens is 391 g/mol. The minimum Gasteiger partial charge on any atom is -0.368 e. The molecule has 3 aromatic rings. The van der Waals surface area contributed by atoms with E-state index in [4.69, 9.17) is 23.2 Å². The molecule has 0 spiro atoms. The lowest BCUT2D eigenvalue weighted by Gasteiger charge is -2.09. The molecule has 0 atom stereocenters. The van der Waals surface area contributed by atoms with Crippen molar-refractivity contribution in [3.05, 3.63) is 69.0 Å². The number of nitrogens with one attached hydrogen (secondary N) is 2. The molecular formula is C17H14Cl2N6O2. The number of benzene rings is 1. The summed E-state index contributed by atoms with van der Waals surface area (Å²) in [5, 5.41) is 18.2. The van der Waals surface area contributed by atoms with E-state index in [0.717, 1.165) is 5.82 Å². The number of pyridine rings is 1. The Balaban J connectivity index is 1.76. The van der Waals surface area contributed by atoms with Crippen molar-refractivity contribution in [3.63, 3.8) is 0 Å². The summed E-state index contributed by atoms with van der Waals surface area (Å²) in [7, 11) is 0. The van der Waals surface area contributed by atoms with Crippen LogP contribution in [-0.4, -0.2) is 33.0 Å². The molecule has 27 heavy (non-hydrogen) atoms. The topological polar surface area (TPSA) is 106 Å². The average molecular weight is 405 g/mol. The summed E-state index contributed by atoms with van der Waals surface area (Å²) in [6, 6.07) is 10.2. The van der Waals surface area contributed by atoms with Crippen LogP contribution in [0.15, 0.2) is 48.8 Å². The van der Waals surface area contributed by atoms with E-state index >= 15 is 0 Å². The lowest BCUT2D eigenvalue weighted by molar-refractivity contribution is -0.389. The fourth-order valence-electron chi connectivity index (χ4n) is 2.31. The molecule has 0 aliphatic heterocycles. The van der Waals surface area contributed by atoms with Crippen molar-refractivity contribution in [3.8, 4) is 11.3 Å². The lowest BCUT2D eigenvalue weighted by atomic mass is 10.1. The van der Waals surface area contributed by atoms with Crippen LogP contribution in [0.2, 0.25) is 10.0 Å². The van der Waals surface area contributed by atoms with Crippen LogP contribution in [0.3, 0.4) is 0 Å². The van der Waals surface area contributed by atoms with Gasteiger partial charge in [0.2, 0.25) is 0 Å². The Kier molecular flexibility index (Phi) is 6.00. The molecule has 2 heterocycles. The van der Waals surface area contributed by atoms with Gasteiger partial charge in [-0.2, -0.15) is 0 Å². The standard InChI is InChI=1S/C17H14Cl2N6O2/c18-11-4-5-12(13(19)9-11)16-17(25(26)27)23-10-15(24-16)22-8-7-21-14-3-1-2-6-20-14/h1-6,9-10H,7-8H2,(H,20,21)(H,22,24). The first-order valence-electron chi connectivity index (χ1n) is 7.90. The molecule has 1 aromatic carbocycles. The van der Waals surface area contributed by atoms with Crippen LogP contribution in [0.4, 0.5) is 17.5 Å². The lowest BCUT2D eigenvalue weighted by Crippen LogP contribution is -2.15. The summed E-state index contributed by atoms with van der Waals surface area (Å²) in [6.07, 6.45) is 3.01.